The zero-order valence-electron chi connectivity index (χ0n) is 10.2. The Morgan fingerprint density at radius 2 is 2.00 bits per heavy atom. The molecule has 0 fully saturated rings. The van der Waals surface area contributed by atoms with Gasteiger partial charge in [-0.25, -0.2) is 15.2 Å². The largest absolute Gasteiger partial charge is 0.443 e. The minimum atomic E-state index is -0.709. The molecular formula is C10H15N3O3S. The summed E-state index contributed by atoms with van der Waals surface area (Å²) in [7, 11) is 0. The van der Waals surface area contributed by atoms with Crippen molar-refractivity contribution in [2.75, 3.05) is 0 Å². The van der Waals surface area contributed by atoms with Crippen LogP contribution in [-0.2, 0) is 4.74 Å². The van der Waals surface area contributed by atoms with E-state index in [1.54, 1.807) is 27.0 Å². The lowest BCUT2D eigenvalue weighted by molar-refractivity contribution is 0.0483. The van der Waals surface area contributed by atoms with Crippen molar-refractivity contribution in [1.82, 2.24) is 15.8 Å². The normalized spacial score (nSPS) is 10.8. The summed E-state index contributed by atoms with van der Waals surface area (Å²) in [5, 5.41) is 0.290. The van der Waals surface area contributed by atoms with Gasteiger partial charge in [-0.3, -0.25) is 10.2 Å². The lowest BCUT2D eigenvalue weighted by Crippen LogP contribution is -2.44. The van der Waals surface area contributed by atoms with Gasteiger partial charge >= 0.3 is 6.09 Å². The van der Waals surface area contributed by atoms with E-state index in [1.807, 2.05) is 6.92 Å². The fourth-order valence-corrected chi connectivity index (χ4v) is 1.58. The lowest BCUT2D eigenvalue weighted by Gasteiger charge is -2.19. The van der Waals surface area contributed by atoms with E-state index in [9.17, 15) is 9.59 Å². The smallest absolute Gasteiger partial charge is 0.426 e. The minimum Gasteiger partial charge on any atom is -0.443 e. The van der Waals surface area contributed by atoms with Gasteiger partial charge in [0.1, 0.15) is 5.60 Å². The van der Waals surface area contributed by atoms with Gasteiger partial charge in [-0.05, 0) is 27.7 Å². The Morgan fingerprint density at radius 3 is 2.47 bits per heavy atom. The fraction of sp³-hybridized carbons (Fsp3) is 0.500. The molecule has 1 heterocycles. The van der Waals surface area contributed by atoms with E-state index in [1.165, 1.54) is 11.3 Å². The number of carbonyl (C=O) groups is 2. The fourth-order valence-electron chi connectivity index (χ4n) is 0.925. The number of hydrogen-bond donors (Lipinski definition) is 2. The van der Waals surface area contributed by atoms with Gasteiger partial charge in [-0.1, -0.05) is 0 Å². The van der Waals surface area contributed by atoms with E-state index in [4.69, 9.17) is 4.74 Å². The van der Waals surface area contributed by atoms with Gasteiger partial charge in [-0.15, -0.1) is 11.3 Å². The average molecular weight is 257 g/mol. The van der Waals surface area contributed by atoms with Crippen molar-refractivity contribution in [3.63, 3.8) is 0 Å². The third kappa shape index (κ3) is 4.81. The highest BCUT2D eigenvalue weighted by molar-refractivity contribution is 7.13. The molecule has 2 amide bonds. The molecule has 7 heteroatoms. The molecule has 0 bridgehead atoms. The van der Waals surface area contributed by atoms with E-state index in [2.05, 4.69) is 15.8 Å². The van der Waals surface area contributed by atoms with E-state index >= 15 is 0 Å². The molecule has 0 aliphatic heterocycles. The van der Waals surface area contributed by atoms with Crippen LogP contribution in [-0.4, -0.2) is 22.6 Å². The molecule has 0 unspecified atom stereocenters. The van der Waals surface area contributed by atoms with Crippen molar-refractivity contribution < 1.29 is 14.3 Å². The highest BCUT2D eigenvalue weighted by Gasteiger charge is 2.17. The Morgan fingerprint density at radius 1 is 1.35 bits per heavy atom. The summed E-state index contributed by atoms with van der Waals surface area (Å²) in [5.74, 6) is -0.464. The first kappa shape index (κ1) is 13.4. The first-order valence-electron chi connectivity index (χ1n) is 5.00. The number of rotatable bonds is 1. The number of amides is 2. The zero-order chi connectivity index (χ0) is 13.1. The Labute approximate surface area is 103 Å². The summed E-state index contributed by atoms with van der Waals surface area (Å²) in [5.41, 5.74) is 3.77. The minimum absolute atomic E-state index is 0.290. The van der Waals surface area contributed by atoms with Crippen LogP contribution in [0, 0.1) is 6.92 Å². The number of aryl methyl sites for hydroxylation is 1. The molecule has 0 atom stereocenters. The second kappa shape index (κ2) is 5.13. The maximum absolute atomic E-state index is 11.5. The van der Waals surface area contributed by atoms with E-state index in [0.29, 0.717) is 5.01 Å². The second-order valence-corrected chi connectivity index (χ2v) is 5.59. The van der Waals surface area contributed by atoms with Crippen LogP contribution < -0.4 is 10.9 Å². The van der Waals surface area contributed by atoms with Crippen molar-refractivity contribution in [1.29, 1.82) is 0 Å². The van der Waals surface area contributed by atoms with Crippen molar-refractivity contribution >= 4 is 23.3 Å². The highest BCUT2D eigenvalue weighted by Crippen LogP contribution is 2.10. The Hall–Kier alpha value is -1.63. The van der Waals surface area contributed by atoms with Crippen LogP contribution in [0.2, 0.25) is 0 Å². The van der Waals surface area contributed by atoms with Gasteiger partial charge in [0.25, 0.3) is 5.91 Å². The molecule has 17 heavy (non-hydrogen) atoms. The number of hydrogen-bond acceptors (Lipinski definition) is 5. The monoisotopic (exact) mass is 257 g/mol. The molecule has 0 spiro atoms. The second-order valence-electron chi connectivity index (χ2n) is 4.36. The number of ether oxygens (including phenoxy) is 1. The zero-order valence-corrected chi connectivity index (χ0v) is 11.0. The molecule has 0 saturated carbocycles. The van der Waals surface area contributed by atoms with Crippen LogP contribution in [0.5, 0.6) is 0 Å². The Bertz CT molecular complexity index is 423. The summed E-state index contributed by atoms with van der Waals surface area (Å²) in [6, 6.07) is 0. The number of aromatic nitrogens is 1. The predicted molar refractivity (Wildman–Crippen MR) is 63.7 cm³/mol. The van der Waals surface area contributed by atoms with E-state index in [0.717, 1.165) is 4.88 Å². The van der Waals surface area contributed by atoms with Gasteiger partial charge in [0.15, 0.2) is 5.01 Å². The Balaban J connectivity index is 2.41. The molecule has 2 N–H and O–H groups in total. The molecule has 6 nitrogen and oxygen atoms in total. The highest BCUT2D eigenvalue weighted by atomic mass is 32.1. The number of nitrogens with zero attached hydrogens (tertiary/aromatic N) is 1. The summed E-state index contributed by atoms with van der Waals surface area (Å²) < 4.78 is 4.95. The molecule has 0 aromatic carbocycles. The SMILES string of the molecule is Cc1cnc(C(=O)NNC(=O)OC(C)(C)C)s1. The summed E-state index contributed by atoms with van der Waals surface area (Å²) in [6.07, 6.45) is 0.881. The van der Waals surface area contributed by atoms with Crippen LogP contribution in [0.15, 0.2) is 6.20 Å². The first-order chi connectivity index (χ1) is 7.78. The van der Waals surface area contributed by atoms with Gasteiger partial charge in [0.05, 0.1) is 0 Å². The van der Waals surface area contributed by atoms with E-state index < -0.39 is 17.6 Å². The summed E-state index contributed by atoms with van der Waals surface area (Å²) in [6.45, 7) is 7.05. The number of carbonyl (C=O) groups excluding carboxylic acids is 2. The quantitative estimate of drug-likeness (QED) is 0.749. The number of nitrogens with one attached hydrogen (secondary N) is 2. The molecule has 1 aromatic rings. The molecule has 0 aliphatic rings. The van der Waals surface area contributed by atoms with Crippen LogP contribution in [0.4, 0.5) is 4.79 Å². The molecule has 0 radical (unpaired) electrons. The van der Waals surface area contributed by atoms with E-state index in [-0.39, 0.29) is 0 Å². The van der Waals surface area contributed by atoms with Crippen LogP contribution in [0.3, 0.4) is 0 Å². The molecule has 0 aliphatic carbocycles. The topological polar surface area (TPSA) is 80.3 Å². The number of hydrazine groups is 1. The third-order valence-electron chi connectivity index (χ3n) is 1.49. The van der Waals surface area contributed by atoms with Crippen molar-refractivity contribution in [2.24, 2.45) is 0 Å². The molecule has 1 aromatic heterocycles. The molecule has 1 rings (SSSR count). The standard InChI is InChI=1S/C10H15N3O3S/c1-6-5-11-8(17-6)7(14)12-13-9(15)16-10(2,3)4/h5H,1-4H3,(H,12,14)(H,13,15). The summed E-state index contributed by atoms with van der Waals surface area (Å²) >= 11 is 1.25. The molecule has 94 valence electrons. The molecule has 0 saturated heterocycles. The van der Waals surface area contributed by atoms with Gasteiger partial charge in [0, 0.05) is 11.1 Å². The van der Waals surface area contributed by atoms with Crippen LogP contribution in [0.1, 0.15) is 35.5 Å². The van der Waals surface area contributed by atoms with Crippen LogP contribution >= 0.6 is 11.3 Å². The maximum atomic E-state index is 11.5. The van der Waals surface area contributed by atoms with Crippen molar-refractivity contribution in [3.8, 4) is 0 Å². The van der Waals surface area contributed by atoms with Crippen molar-refractivity contribution in [3.05, 3.63) is 16.1 Å². The third-order valence-corrected chi connectivity index (χ3v) is 2.40. The number of thiazole rings is 1. The summed E-state index contributed by atoms with van der Waals surface area (Å²) in [4.78, 5) is 27.5. The van der Waals surface area contributed by atoms with Gasteiger partial charge < -0.3 is 4.74 Å². The maximum Gasteiger partial charge on any atom is 0.426 e. The van der Waals surface area contributed by atoms with Gasteiger partial charge in [0.2, 0.25) is 0 Å². The van der Waals surface area contributed by atoms with Crippen molar-refractivity contribution in [2.45, 2.75) is 33.3 Å². The predicted octanol–water partition coefficient (Wildman–Crippen LogP) is 1.62. The average Bonchev–Trinajstić information content (AvgIpc) is 2.58. The lowest BCUT2D eigenvalue weighted by atomic mass is 10.2. The Kier molecular flexibility index (Phi) is 4.06. The van der Waals surface area contributed by atoms with Crippen LogP contribution in [0.25, 0.3) is 0 Å². The van der Waals surface area contributed by atoms with Gasteiger partial charge in [-0.2, -0.15) is 0 Å². The first-order valence-corrected chi connectivity index (χ1v) is 5.81. The molecular weight excluding hydrogens is 242 g/mol.